The van der Waals surface area contributed by atoms with Crippen molar-refractivity contribution in [1.29, 1.82) is 0 Å². The smallest absolute Gasteiger partial charge is 0.328 e. The van der Waals surface area contributed by atoms with Crippen LogP contribution in [-0.4, -0.2) is 51.9 Å². The van der Waals surface area contributed by atoms with Crippen molar-refractivity contribution >= 4 is 26.1 Å². The zero-order valence-electron chi connectivity index (χ0n) is 15.5. The first-order chi connectivity index (χ1) is 11.0. The number of nitrogens with one attached hydrogen (secondary N) is 2. The lowest BCUT2D eigenvalue weighted by Gasteiger charge is -2.36. The molecule has 2 atom stereocenters. The number of esters is 1. The fourth-order valence-corrected chi connectivity index (χ4v) is 3.18. The molecule has 1 aliphatic rings. The van der Waals surface area contributed by atoms with Crippen LogP contribution in [0.3, 0.4) is 0 Å². The molecule has 24 heavy (non-hydrogen) atoms. The van der Waals surface area contributed by atoms with Crippen molar-refractivity contribution in [3.8, 4) is 0 Å². The molecule has 0 bridgehead atoms. The van der Waals surface area contributed by atoms with Crippen LogP contribution in [0.4, 0.5) is 0 Å². The molecule has 0 aromatic carbocycles. The van der Waals surface area contributed by atoms with Gasteiger partial charge < -0.3 is 19.8 Å². The highest BCUT2D eigenvalue weighted by atomic mass is 28.4. The zero-order chi connectivity index (χ0) is 18.5. The summed E-state index contributed by atoms with van der Waals surface area (Å²) in [6.45, 7) is 11.1. The third-order valence-electron chi connectivity index (χ3n) is 4.79. The summed E-state index contributed by atoms with van der Waals surface area (Å²) in [5, 5.41) is 5.33. The number of amides is 2. The van der Waals surface area contributed by atoms with E-state index in [9.17, 15) is 14.4 Å². The van der Waals surface area contributed by atoms with Crippen LogP contribution in [0.2, 0.25) is 18.1 Å². The lowest BCUT2D eigenvalue weighted by Crippen LogP contribution is -2.50. The lowest BCUT2D eigenvalue weighted by molar-refractivity contribution is -0.145. The Kier molecular flexibility index (Phi) is 6.97. The van der Waals surface area contributed by atoms with Gasteiger partial charge >= 0.3 is 5.97 Å². The van der Waals surface area contributed by atoms with E-state index in [0.29, 0.717) is 25.9 Å². The minimum atomic E-state index is -1.91. The van der Waals surface area contributed by atoms with E-state index in [-0.39, 0.29) is 16.9 Å². The van der Waals surface area contributed by atoms with E-state index in [1.165, 1.54) is 7.11 Å². The standard InChI is InChI=1S/C16H30N2O5Si/c1-16(2,3)24(5,6)23-10-9-12(15(21)22-4)18-14(20)11-7-8-13(19)17-11/h11-12H,7-10H2,1-6H3,(H,17,19)(H,18,20)/t11-,12+/m1/s1. The van der Waals surface area contributed by atoms with Crippen molar-refractivity contribution in [2.24, 2.45) is 0 Å². The summed E-state index contributed by atoms with van der Waals surface area (Å²) in [4.78, 5) is 35.3. The van der Waals surface area contributed by atoms with E-state index in [4.69, 9.17) is 9.16 Å². The van der Waals surface area contributed by atoms with Crippen molar-refractivity contribution in [2.45, 2.75) is 70.2 Å². The molecule has 1 saturated heterocycles. The van der Waals surface area contributed by atoms with Crippen LogP contribution in [0.15, 0.2) is 0 Å². The van der Waals surface area contributed by atoms with Crippen molar-refractivity contribution in [2.75, 3.05) is 13.7 Å². The SMILES string of the molecule is COC(=O)[C@H](CCO[Si](C)(C)C(C)(C)C)NC(=O)[C@H]1CCC(=O)N1. The van der Waals surface area contributed by atoms with E-state index in [0.717, 1.165) is 0 Å². The second kappa shape index (κ2) is 8.11. The predicted octanol–water partition coefficient (Wildman–Crippen LogP) is 1.33. The first kappa shape index (κ1) is 20.6. The number of ether oxygens (including phenoxy) is 1. The number of rotatable bonds is 7. The lowest BCUT2D eigenvalue weighted by atomic mass is 10.1. The van der Waals surface area contributed by atoms with Crippen molar-refractivity contribution < 1.29 is 23.5 Å². The van der Waals surface area contributed by atoms with E-state index >= 15 is 0 Å². The van der Waals surface area contributed by atoms with Gasteiger partial charge in [-0.3, -0.25) is 9.59 Å². The summed E-state index contributed by atoms with van der Waals surface area (Å²) < 4.78 is 10.8. The number of carbonyl (C=O) groups excluding carboxylic acids is 3. The average molecular weight is 359 g/mol. The molecule has 2 N–H and O–H groups in total. The molecule has 0 aliphatic carbocycles. The maximum Gasteiger partial charge on any atom is 0.328 e. The molecule has 0 radical (unpaired) electrons. The second-order valence-electron chi connectivity index (χ2n) is 7.64. The highest BCUT2D eigenvalue weighted by molar-refractivity contribution is 6.74. The summed E-state index contributed by atoms with van der Waals surface area (Å²) in [5.74, 6) is -1.01. The predicted molar refractivity (Wildman–Crippen MR) is 92.9 cm³/mol. The molecule has 138 valence electrons. The minimum Gasteiger partial charge on any atom is -0.467 e. The summed E-state index contributed by atoms with van der Waals surface area (Å²) >= 11 is 0. The van der Waals surface area contributed by atoms with Gasteiger partial charge in [-0.15, -0.1) is 0 Å². The van der Waals surface area contributed by atoms with Crippen molar-refractivity contribution in [1.82, 2.24) is 10.6 Å². The Hall–Kier alpha value is -1.41. The summed E-state index contributed by atoms with van der Waals surface area (Å²) in [6.07, 6.45) is 1.11. The number of hydrogen-bond donors (Lipinski definition) is 2. The van der Waals surface area contributed by atoms with Crippen molar-refractivity contribution in [3.05, 3.63) is 0 Å². The van der Waals surface area contributed by atoms with Gasteiger partial charge in [0.1, 0.15) is 12.1 Å². The van der Waals surface area contributed by atoms with Gasteiger partial charge in [0.2, 0.25) is 11.8 Å². The monoisotopic (exact) mass is 358 g/mol. The minimum absolute atomic E-state index is 0.0745. The van der Waals surface area contributed by atoms with Gasteiger partial charge in [0.15, 0.2) is 8.32 Å². The Labute approximate surface area is 145 Å². The maximum atomic E-state index is 12.2. The molecule has 0 aromatic heterocycles. The van der Waals surface area contributed by atoms with Crippen LogP contribution in [0.25, 0.3) is 0 Å². The Balaban J connectivity index is 2.58. The number of hydrogen-bond acceptors (Lipinski definition) is 5. The molecule has 7 nitrogen and oxygen atoms in total. The van der Waals surface area contributed by atoms with E-state index in [1.54, 1.807) is 0 Å². The molecule has 1 rings (SSSR count). The quantitative estimate of drug-likeness (QED) is 0.529. The highest BCUT2D eigenvalue weighted by Crippen LogP contribution is 2.36. The average Bonchev–Trinajstić information content (AvgIpc) is 2.90. The largest absolute Gasteiger partial charge is 0.467 e. The fraction of sp³-hybridized carbons (Fsp3) is 0.812. The van der Waals surface area contributed by atoms with Crippen LogP contribution in [0, 0.1) is 0 Å². The summed E-state index contributed by atoms with van der Waals surface area (Å²) in [5.41, 5.74) is 0. The van der Waals surface area contributed by atoms with Crippen LogP contribution in [0.5, 0.6) is 0 Å². The molecule has 0 unspecified atom stereocenters. The summed E-state index contributed by atoms with van der Waals surface area (Å²) in [6, 6.07) is -1.35. The van der Waals surface area contributed by atoms with E-state index < -0.39 is 26.4 Å². The van der Waals surface area contributed by atoms with Gasteiger partial charge in [0, 0.05) is 19.4 Å². The Morgan fingerprint density at radius 3 is 2.46 bits per heavy atom. The third-order valence-corrected chi connectivity index (χ3v) is 9.33. The molecule has 0 saturated carbocycles. The first-order valence-corrected chi connectivity index (χ1v) is 11.2. The molecule has 1 aliphatic heterocycles. The van der Waals surface area contributed by atoms with E-state index in [2.05, 4.69) is 44.5 Å². The first-order valence-electron chi connectivity index (χ1n) is 8.29. The Morgan fingerprint density at radius 2 is 2.00 bits per heavy atom. The third kappa shape index (κ3) is 5.59. The van der Waals surface area contributed by atoms with Crippen LogP contribution in [0.1, 0.15) is 40.0 Å². The van der Waals surface area contributed by atoms with Crippen LogP contribution in [-0.2, 0) is 23.5 Å². The van der Waals surface area contributed by atoms with Crippen molar-refractivity contribution in [3.63, 3.8) is 0 Å². The Bertz CT molecular complexity index is 487. The molecular formula is C16H30N2O5Si. The molecule has 0 spiro atoms. The topological polar surface area (TPSA) is 93.7 Å². The maximum absolute atomic E-state index is 12.2. The molecule has 0 aromatic rings. The van der Waals surface area contributed by atoms with Gasteiger partial charge in [0.05, 0.1) is 7.11 Å². The number of methoxy groups -OCH3 is 1. The molecule has 2 amide bonds. The molecule has 8 heteroatoms. The zero-order valence-corrected chi connectivity index (χ0v) is 16.5. The second-order valence-corrected chi connectivity index (χ2v) is 12.4. The highest BCUT2D eigenvalue weighted by Gasteiger charge is 2.37. The van der Waals surface area contributed by atoms with Gasteiger partial charge in [-0.25, -0.2) is 4.79 Å². The van der Waals surface area contributed by atoms with Gasteiger partial charge in [-0.1, -0.05) is 20.8 Å². The number of carbonyl (C=O) groups is 3. The van der Waals surface area contributed by atoms with E-state index in [1.807, 2.05) is 0 Å². The van der Waals surface area contributed by atoms with Gasteiger partial charge in [-0.05, 0) is 24.6 Å². The normalized spacial score (nSPS) is 19.6. The molecular weight excluding hydrogens is 328 g/mol. The van der Waals surface area contributed by atoms with Gasteiger partial charge in [0.25, 0.3) is 0 Å². The molecule has 1 fully saturated rings. The molecule has 1 heterocycles. The van der Waals surface area contributed by atoms with Gasteiger partial charge in [-0.2, -0.15) is 0 Å². The fourth-order valence-electron chi connectivity index (χ4n) is 2.12. The van der Waals surface area contributed by atoms with Crippen LogP contribution < -0.4 is 10.6 Å². The summed E-state index contributed by atoms with van der Waals surface area (Å²) in [7, 11) is -0.628. The van der Waals surface area contributed by atoms with Crippen LogP contribution >= 0.6 is 0 Å². The Morgan fingerprint density at radius 1 is 1.38 bits per heavy atom.